The van der Waals surface area contributed by atoms with E-state index in [4.69, 9.17) is 0 Å². The highest BCUT2D eigenvalue weighted by Gasteiger charge is 2.00. The van der Waals surface area contributed by atoms with Crippen LogP contribution in [0.15, 0.2) is 47.3 Å². The molecule has 2 aromatic heterocycles. The molecule has 0 aliphatic rings. The summed E-state index contributed by atoms with van der Waals surface area (Å²) in [6.45, 7) is 0. The lowest BCUT2D eigenvalue weighted by molar-refractivity contribution is 1.08. The smallest absolute Gasteiger partial charge is 0.0930 e. The number of hydrogen-bond acceptors (Lipinski definition) is 3. The molecule has 0 fully saturated rings. The van der Waals surface area contributed by atoms with Crippen molar-refractivity contribution in [1.82, 2.24) is 10.2 Å². The van der Waals surface area contributed by atoms with Crippen molar-refractivity contribution in [3.8, 4) is 11.1 Å². The number of hydrogen-bond donors (Lipinski definition) is 0. The van der Waals surface area contributed by atoms with Gasteiger partial charge in [-0.05, 0) is 46.2 Å². The zero-order chi connectivity index (χ0) is 10.1. The molecule has 3 aromatic rings. The molecular formula is C12H8N2S. The summed E-state index contributed by atoms with van der Waals surface area (Å²) in [5.74, 6) is 0. The molecule has 0 aliphatic carbocycles. The summed E-state index contributed by atoms with van der Waals surface area (Å²) in [5.41, 5.74) is 3.44. The Kier molecular flexibility index (Phi) is 1.96. The van der Waals surface area contributed by atoms with Crippen LogP contribution in [0.4, 0.5) is 0 Å². The van der Waals surface area contributed by atoms with Gasteiger partial charge in [-0.15, -0.1) is 0 Å². The van der Waals surface area contributed by atoms with Crippen LogP contribution in [-0.2, 0) is 0 Å². The maximum Gasteiger partial charge on any atom is 0.0930 e. The lowest BCUT2D eigenvalue weighted by Crippen LogP contribution is -1.82. The van der Waals surface area contributed by atoms with E-state index in [1.807, 2.05) is 12.1 Å². The van der Waals surface area contributed by atoms with E-state index in [1.165, 1.54) is 11.1 Å². The van der Waals surface area contributed by atoms with Gasteiger partial charge in [-0.1, -0.05) is 6.07 Å². The fourth-order valence-corrected chi connectivity index (χ4v) is 2.26. The molecule has 0 amide bonds. The van der Waals surface area contributed by atoms with E-state index in [-0.39, 0.29) is 0 Å². The third-order valence-corrected chi connectivity index (χ3v) is 3.05. The molecule has 0 N–H and O–H groups in total. The molecule has 0 spiro atoms. The Balaban J connectivity index is 2.22. The van der Waals surface area contributed by atoms with Gasteiger partial charge in [0.15, 0.2) is 0 Å². The van der Waals surface area contributed by atoms with Crippen LogP contribution in [-0.4, -0.2) is 10.2 Å². The van der Waals surface area contributed by atoms with Crippen molar-refractivity contribution >= 4 is 22.2 Å². The van der Waals surface area contributed by atoms with Gasteiger partial charge in [0.1, 0.15) is 0 Å². The average Bonchev–Trinajstić information content (AvgIpc) is 2.82. The minimum absolute atomic E-state index is 0.941. The van der Waals surface area contributed by atoms with Gasteiger partial charge in [-0.25, -0.2) is 0 Å². The highest BCUT2D eigenvalue weighted by Crippen LogP contribution is 2.24. The first-order valence-corrected chi connectivity index (χ1v) is 5.62. The van der Waals surface area contributed by atoms with E-state index in [9.17, 15) is 0 Å². The van der Waals surface area contributed by atoms with Crippen molar-refractivity contribution in [3.05, 3.63) is 47.3 Å². The van der Waals surface area contributed by atoms with Crippen molar-refractivity contribution in [2.45, 2.75) is 0 Å². The molecule has 15 heavy (non-hydrogen) atoms. The summed E-state index contributed by atoms with van der Waals surface area (Å²) in [6.07, 6.45) is 1.72. The van der Waals surface area contributed by atoms with Crippen LogP contribution in [0.2, 0.25) is 0 Å². The van der Waals surface area contributed by atoms with Gasteiger partial charge in [0.2, 0.25) is 0 Å². The number of fused-ring (bicyclic) bond motifs is 1. The van der Waals surface area contributed by atoms with Gasteiger partial charge in [-0.2, -0.15) is 21.5 Å². The maximum atomic E-state index is 4.06. The molecule has 0 unspecified atom stereocenters. The molecule has 2 nitrogen and oxygen atoms in total. The number of aromatic nitrogens is 2. The standard InChI is InChI=1S/C12H8N2S/c1-2-12-10(3-5-13-14-12)7-9(1)11-4-6-15-8-11/h1-8H. The first kappa shape index (κ1) is 8.56. The van der Waals surface area contributed by atoms with Crippen LogP contribution < -0.4 is 0 Å². The second-order valence-electron chi connectivity index (χ2n) is 3.32. The van der Waals surface area contributed by atoms with Crippen LogP contribution in [0.3, 0.4) is 0 Å². The topological polar surface area (TPSA) is 25.8 Å². The van der Waals surface area contributed by atoms with Crippen LogP contribution >= 0.6 is 11.3 Å². The van der Waals surface area contributed by atoms with Crippen molar-refractivity contribution < 1.29 is 0 Å². The predicted molar refractivity (Wildman–Crippen MR) is 62.9 cm³/mol. The Bertz CT molecular complexity index is 587. The third-order valence-electron chi connectivity index (χ3n) is 2.37. The highest BCUT2D eigenvalue weighted by atomic mass is 32.1. The Labute approximate surface area is 91.2 Å². The highest BCUT2D eigenvalue weighted by molar-refractivity contribution is 7.08. The normalized spacial score (nSPS) is 10.7. The van der Waals surface area contributed by atoms with Gasteiger partial charge >= 0.3 is 0 Å². The SMILES string of the molecule is c1cc2cc(-c3ccsc3)ccc2nn1. The summed E-state index contributed by atoms with van der Waals surface area (Å²) in [6, 6.07) is 10.3. The maximum absolute atomic E-state index is 4.06. The van der Waals surface area contributed by atoms with E-state index in [1.54, 1.807) is 17.5 Å². The van der Waals surface area contributed by atoms with Gasteiger partial charge < -0.3 is 0 Å². The minimum atomic E-state index is 0.941. The first-order valence-electron chi connectivity index (χ1n) is 4.67. The summed E-state index contributed by atoms with van der Waals surface area (Å²) >= 11 is 1.71. The van der Waals surface area contributed by atoms with Gasteiger partial charge in [-0.3, -0.25) is 0 Å². The van der Waals surface area contributed by atoms with Crippen molar-refractivity contribution in [3.63, 3.8) is 0 Å². The fourth-order valence-electron chi connectivity index (χ4n) is 1.60. The average molecular weight is 212 g/mol. The largest absolute Gasteiger partial charge is 0.159 e. The van der Waals surface area contributed by atoms with E-state index in [2.05, 4.69) is 39.2 Å². The summed E-state index contributed by atoms with van der Waals surface area (Å²) in [7, 11) is 0. The summed E-state index contributed by atoms with van der Waals surface area (Å²) in [4.78, 5) is 0. The van der Waals surface area contributed by atoms with Crippen LogP contribution in [0, 0.1) is 0 Å². The van der Waals surface area contributed by atoms with Crippen LogP contribution in [0.5, 0.6) is 0 Å². The predicted octanol–water partition coefficient (Wildman–Crippen LogP) is 3.36. The number of nitrogens with zero attached hydrogens (tertiary/aromatic N) is 2. The van der Waals surface area contributed by atoms with Crippen molar-refractivity contribution in [2.75, 3.05) is 0 Å². The number of thiophene rings is 1. The molecule has 0 radical (unpaired) electrons. The first-order chi connectivity index (χ1) is 7.43. The quantitative estimate of drug-likeness (QED) is 0.618. The fraction of sp³-hybridized carbons (Fsp3) is 0. The number of benzene rings is 1. The Morgan fingerprint density at radius 1 is 1.00 bits per heavy atom. The molecule has 3 heteroatoms. The Morgan fingerprint density at radius 3 is 2.87 bits per heavy atom. The van der Waals surface area contributed by atoms with E-state index >= 15 is 0 Å². The zero-order valence-electron chi connectivity index (χ0n) is 7.92. The molecule has 0 aliphatic heterocycles. The molecule has 0 saturated carbocycles. The van der Waals surface area contributed by atoms with Crippen molar-refractivity contribution in [1.29, 1.82) is 0 Å². The Morgan fingerprint density at radius 2 is 2.00 bits per heavy atom. The van der Waals surface area contributed by atoms with Crippen LogP contribution in [0.1, 0.15) is 0 Å². The van der Waals surface area contributed by atoms with Gasteiger partial charge in [0.05, 0.1) is 11.7 Å². The third kappa shape index (κ3) is 1.51. The van der Waals surface area contributed by atoms with E-state index in [0.29, 0.717) is 0 Å². The van der Waals surface area contributed by atoms with Crippen LogP contribution in [0.25, 0.3) is 22.0 Å². The molecular weight excluding hydrogens is 204 g/mol. The summed E-state index contributed by atoms with van der Waals surface area (Å²) in [5, 5.41) is 13.3. The molecule has 0 bridgehead atoms. The lowest BCUT2D eigenvalue weighted by atomic mass is 10.1. The second-order valence-corrected chi connectivity index (χ2v) is 4.10. The summed E-state index contributed by atoms with van der Waals surface area (Å²) < 4.78 is 0. The van der Waals surface area contributed by atoms with E-state index in [0.717, 1.165) is 10.9 Å². The Hall–Kier alpha value is -1.74. The molecule has 3 rings (SSSR count). The minimum Gasteiger partial charge on any atom is -0.159 e. The molecule has 72 valence electrons. The van der Waals surface area contributed by atoms with Gasteiger partial charge in [0, 0.05) is 5.39 Å². The van der Waals surface area contributed by atoms with Crippen molar-refractivity contribution in [2.24, 2.45) is 0 Å². The van der Waals surface area contributed by atoms with E-state index < -0.39 is 0 Å². The monoisotopic (exact) mass is 212 g/mol. The molecule has 1 aromatic carbocycles. The van der Waals surface area contributed by atoms with Gasteiger partial charge in [0.25, 0.3) is 0 Å². The second kappa shape index (κ2) is 3.44. The lowest BCUT2D eigenvalue weighted by Gasteiger charge is -1.99. The molecule has 0 atom stereocenters. The molecule has 2 heterocycles. The number of rotatable bonds is 1. The zero-order valence-corrected chi connectivity index (χ0v) is 8.74. The molecule has 0 saturated heterocycles.